The number of nitrogens with one attached hydrogen (secondary N) is 2. The second-order valence-corrected chi connectivity index (χ2v) is 6.58. The highest BCUT2D eigenvalue weighted by atomic mass is 19.1. The largest absolute Gasteiger partial charge is 0.489 e. The van der Waals surface area contributed by atoms with E-state index in [4.69, 9.17) is 4.74 Å². The molecule has 152 valence electrons. The van der Waals surface area contributed by atoms with Crippen molar-refractivity contribution in [1.29, 1.82) is 0 Å². The summed E-state index contributed by atoms with van der Waals surface area (Å²) < 4.78 is 31.8. The van der Waals surface area contributed by atoms with Crippen molar-refractivity contribution in [3.05, 3.63) is 65.7 Å². The first-order valence-electron chi connectivity index (χ1n) is 8.85. The molecule has 0 spiro atoms. The van der Waals surface area contributed by atoms with E-state index in [0.717, 1.165) is 4.90 Å². The van der Waals surface area contributed by atoms with Gasteiger partial charge < -0.3 is 15.4 Å². The highest BCUT2D eigenvalue weighted by Gasteiger charge is 2.49. The van der Waals surface area contributed by atoms with Crippen molar-refractivity contribution in [3.63, 3.8) is 0 Å². The van der Waals surface area contributed by atoms with Crippen LogP contribution in [-0.2, 0) is 15.1 Å². The van der Waals surface area contributed by atoms with Gasteiger partial charge in [-0.25, -0.2) is 13.6 Å². The topological polar surface area (TPSA) is 87.7 Å². The maximum Gasteiger partial charge on any atom is 0.325 e. The summed E-state index contributed by atoms with van der Waals surface area (Å²) in [4.78, 5) is 37.8. The van der Waals surface area contributed by atoms with Gasteiger partial charge in [-0.2, -0.15) is 0 Å². The molecule has 3 rings (SSSR count). The minimum Gasteiger partial charge on any atom is -0.489 e. The van der Waals surface area contributed by atoms with Crippen LogP contribution in [0.2, 0.25) is 0 Å². The average Bonchev–Trinajstić information content (AvgIpc) is 2.91. The number of amides is 4. The van der Waals surface area contributed by atoms with E-state index in [2.05, 4.69) is 10.6 Å². The Balaban J connectivity index is 1.53. The Bertz CT molecular complexity index is 936. The van der Waals surface area contributed by atoms with E-state index in [9.17, 15) is 23.2 Å². The summed E-state index contributed by atoms with van der Waals surface area (Å²) in [5, 5.41) is 5.04. The van der Waals surface area contributed by atoms with E-state index in [-0.39, 0.29) is 18.9 Å². The SMILES string of the molecule is CC1(c2ccc(F)cc2)NC(=O)N(CC(=O)NCCOc2ccccc2F)C1=O. The van der Waals surface area contributed by atoms with E-state index in [1.165, 1.54) is 49.4 Å². The molecule has 0 saturated carbocycles. The Morgan fingerprint density at radius 3 is 2.52 bits per heavy atom. The molecule has 2 aromatic carbocycles. The second kappa shape index (κ2) is 8.26. The van der Waals surface area contributed by atoms with Gasteiger partial charge in [0.05, 0.1) is 6.54 Å². The van der Waals surface area contributed by atoms with Crippen molar-refractivity contribution in [2.24, 2.45) is 0 Å². The molecule has 0 aromatic heterocycles. The maximum atomic E-state index is 13.4. The zero-order valence-corrected chi connectivity index (χ0v) is 15.6. The fraction of sp³-hybridized carbons (Fsp3) is 0.250. The van der Waals surface area contributed by atoms with Gasteiger partial charge in [0.15, 0.2) is 11.6 Å². The van der Waals surface area contributed by atoms with Gasteiger partial charge in [-0.15, -0.1) is 0 Å². The number of imide groups is 1. The quantitative estimate of drug-likeness (QED) is 0.546. The summed E-state index contributed by atoms with van der Waals surface area (Å²) >= 11 is 0. The maximum absolute atomic E-state index is 13.4. The van der Waals surface area contributed by atoms with Gasteiger partial charge in [0.25, 0.3) is 5.91 Å². The van der Waals surface area contributed by atoms with Gasteiger partial charge >= 0.3 is 6.03 Å². The second-order valence-electron chi connectivity index (χ2n) is 6.58. The minimum atomic E-state index is -1.39. The fourth-order valence-electron chi connectivity index (χ4n) is 2.93. The highest BCUT2D eigenvalue weighted by molar-refractivity contribution is 6.09. The van der Waals surface area contributed by atoms with Gasteiger partial charge in [-0.3, -0.25) is 14.5 Å². The number of halogens is 2. The van der Waals surface area contributed by atoms with Crippen molar-refractivity contribution in [2.45, 2.75) is 12.5 Å². The summed E-state index contributed by atoms with van der Waals surface area (Å²) in [6.45, 7) is 1.08. The fourth-order valence-corrected chi connectivity index (χ4v) is 2.93. The van der Waals surface area contributed by atoms with Crippen LogP contribution < -0.4 is 15.4 Å². The molecular formula is C20H19F2N3O4. The first kappa shape index (κ1) is 20.2. The van der Waals surface area contributed by atoms with Crippen LogP contribution in [0.15, 0.2) is 48.5 Å². The predicted octanol–water partition coefficient (Wildman–Crippen LogP) is 1.93. The lowest BCUT2D eigenvalue weighted by atomic mass is 9.92. The molecule has 1 fully saturated rings. The van der Waals surface area contributed by atoms with Crippen LogP contribution >= 0.6 is 0 Å². The van der Waals surface area contributed by atoms with Crippen LogP contribution in [0, 0.1) is 11.6 Å². The van der Waals surface area contributed by atoms with Crippen LogP contribution in [-0.4, -0.2) is 42.4 Å². The van der Waals surface area contributed by atoms with Gasteiger partial charge in [-0.05, 0) is 36.8 Å². The first-order valence-corrected chi connectivity index (χ1v) is 8.85. The van der Waals surface area contributed by atoms with E-state index in [1.54, 1.807) is 6.07 Å². The number of hydrogen-bond donors (Lipinski definition) is 2. The number of ether oxygens (including phenoxy) is 1. The standard InChI is InChI=1S/C20H19F2N3O4/c1-20(13-6-8-14(21)9-7-13)18(27)25(19(28)24-20)12-17(26)23-10-11-29-16-5-3-2-4-15(16)22/h2-9H,10-12H2,1H3,(H,23,26)(H,24,28). The normalized spacial score (nSPS) is 18.5. The molecule has 1 saturated heterocycles. The van der Waals surface area contributed by atoms with E-state index < -0.39 is 41.6 Å². The molecule has 9 heteroatoms. The minimum absolute atomic E-state index is 0.0140. The molecule has 0 radical (unpaired) electrons. The first-order chi connectivity index (χ1) is 13.8. The molecular weight excluding hydrogens is 384 g/mol. The third-order valence-corrected chi connectivity index (χ3v) is 4.52. The van der Waals surface area contributed by atoms with Gasteiger partial charge in [0, 0.05) is 0 Å². The molecule has 4 amide bonds. The third kappa shape index (κ3) is 4.34. The summed E-state index contributed by atoms with van der Waals surface area (Å²) in [6.07, 6.45) is 0. The van der Waals surface area contributed by atoms with Crippen LogP contribution in [0.5, 0.6) is 5.75 Å². The van der Waals surface area contributed by atoms with Gasteiger partial charge in [0.2, 0.25) is 5.91 Å². The van der Waals surface area contributed by atoms with Crippen LogP contribution in [0.3, 0.4) is 0 Å². The van der Waals surface area contributed by atoms with Crippen molar-refractivity contribution in [1.82, 2.24) is 15.5 Å². The van der Waals surface area contributed by atoms with Crippen molar-refractivity contribution in [2.75, 3.05) is 19.7 Å². The zero-order valence-electron chi connectivity index (χ0n) is 15.6. The van der Waals surface area contributed by atoms with Crippen molar-refractivity contribution >= 4 is 17.8 Å². The number of benzene rings is 2. The summed E-state index contributed by atoms with van der Waals surface area (Å²) in [6, 6.07) is 10.3. The van der Waals surface area contributed by atoms with E-state index in [0.29, 0.717) is 5.56 Å². The summed E-state index contributed by atoms with van der Waals surface area (Å²) in [5.74, 6) is -2.12. The number of rotatable bonds is 7. The van der Waals surface area contributed by atoms with Crippen molar-refractivity contribution < 1.29 is 27.9 Å². The summed E-state index contributed by atoms with van der Waals surface area (Å²) in [5.41, 5.74) is -0.989. The number of hydrogen-bond acceptors (Lipinski definition) is 4. The lowest BCUT2D eigenvalue weighted by molar-refractivity contribution is -0.134. The highest BCUT2D eigenvalue weighted by Crippen LogP contribution is 2.28. The molecule has 7 nitrogen and oxygen atoms in total. The molecule has 1 aliphatic heterocycles. The lowest BCUT2D eigenvalue weighted by Gasteiger charge is -2.22. The lowest BCUT2D eigenvalue weighted by Crippen LogP contribution is -2.43. The molecule has 29 heavy (non-hydrogen) atoms. The Kier molecular flexibility index (Phi) is 5.76. The molecule has 1 atom stereocenters. The van der Waals surface area contributed by atoms with Crippen LogP contribution in [0.4, 0.5) is 13.6 Å². The smallest absolute Gasteiger partial charge is 0.325 e. The number of nitrogens with zero attached hydrogens (tertiary/aromatic N) is 1. The average molecular weight is 403 g/mol. The Labute approximate surface area is 165 Å². The Hall–Kier alpha value is -3.49. The summed E-state index contributed by atoms with van der Waals surface area (Å²) in [7, 11) is 0. The van der Waals surface area contributed by atoms with E-state index in [1.807, 2.05) is 0 Å². The Morgan fingerprint density at radius 2 is 1.83 bits per heavy atom. The molecule has 1 unspecified atom stereocenters. The number of para-hydroxylation sites is 1. The van der Waals surface area contributed by atoms with Gasteiger partial charge in [-0.1, -0.05) is 24.3 Å². The number of carbonyl (C=O) groups excluding carboxylic acids is 3. The molecule has 1 aliphatic rings. The molecule has 2 N–H and O–H groups in total. The zero-order chi connectivity index (χ0) is 21.0. The van der Waals surface area contributed by atoms with E-state index >= 15 is 0 Å². The molecule has 0 aliphatic carbocycles. The predicted molar refractivity (Wildman–Crippen MR) is 98.9 cm³/mol. The third-order valence-electron chi connectivity index (χ3n) is 4.52. The monoisotopic (exact) mass is 403 g/mol. The van der Waals surface area contributed by atoms with Crippen LogP contribution in [0.1, 0.15) is 12.5 Å². The van der Waals surface area contributed by atoms with Crippen LogP contribution in [0.25, 0.3) is 0 Å². The number of urea groups is 1. The van der Waals surface area contributed by atoms with Gasteiger partial charge in [0.1, 0.15) is 24.5 Å². The van der Waals surface area contributed by atoms with Crippen molar-refractivity contribution in [3.8, 4) is 5.75 Å². The number of carbonyl (C=O) groups is 3. The molecule has 1 heterocycles. The molecule has 0 bridgehead atoms. The Morgan fingerprint density at radius 1 is 1.14 bits per heavy atom. The molecule has 2 aromatic rings.